The number of urea groups is 1. The molecule has 1 N–H and O–H groups in total. The van der Waals surface area contributed by atoms with Crippen molar-refractivity contribution in [2.24, 2.45) is 5.41 Å². The van der Waals surface area contributed by atoms with Gasteiger partial charge in [0, 0.05) is 32.1 Å². The van der Waals surface area contributed by atoms with E-state index in [0.29, 0.717) is 18.4 Å². The Morgan fingerprint density at radius 3 is 2.52 bits per heavy atom. The number of hydrogen-bond donors (Lipinski definition) is 1. The van der Waals surface area contributed by atoms with E-state index in [-0.39, 0.29) is 17.5 Å². The number of carbonyl (C=O) groups excluding carboxylic acids is 2. The van der Waals surface area contributed by atoms with E-state index >= 15 is 0 Å². The zero-order chi connectivity index (χ0) is 18.9. The smallest absolute Gasteiger partial charge is 0.317 e. The Hall–Kier alpha value is -2.04. The number of amides is 3. The van der Waals surface area contributed by atoms with Gasteiger partial charge >= 0.3 is 6.03 Å². The first-order valence-corrected chi connectivity index (χ1v) is 10.5. The fraction of sp³-hybridized carbons (Fsp3) is 0.636. The quantitative estimate of drug-likeness (QED) is 0.879. The summed E-state index contributed by atoms with van der Waals surface area (Å²) in [4.78, 5) is 29.1. The van der Waals surface area contributed by atoms with Gasteiger partial charge in [0.2, 0.25) is 5.91 Å². The summed E-state index contributed by atoms with van der Waals surface area (Å²) < 4.78 is 0. The first-order chi connectivity index (χ1) is 13.1. The van der Waals surface area contributed by atoms with Crippen LogP contribution < -0.4 is 5.32 Å². The highest BCUT2D eigenvalue weighted by atomic mass is 16.2. The summed E-state index contributed by atoms with van der Waals surface area (Å²) >= 11 is 0. The Bertz CT molecular complexity index is 678. The lowest BCUT2D eigenvalue weighted by Gasteiger charge is -2.47. The van der Waals surface area contributed by atoms with Crippen LogP contribution in [-0.4, -0.2) is 47.4 Å². The zero-order valence-corrected chi connectivity index (χ0v) is 16.3. The molecule has 2 heterocycles. The molecule has 2 aliphatic heterocycles. The van der Waals surface area contributed by atoms with Gasteiger partial charge in [0.05, 0.1) is 6.04 Å². The average Bonchev–Trinajstić information content (AvgIpc) is 3.54. The van der Waals surface area contributed by atoms with Crippen LogP contribution in [0.3, 0.4) is 0 Å². The lowest BCUT2D eigenvalue weighted by Crippen LogP contribution is -2.54. The Labute approximate surface area is 162 Å². The van der Waals surface area contributed by atoms with Crippen molar-refractivity contribution in [3.63, 3.8) is 0 Å². The molecule has 27 heavy (non-hydrogen) atoms. The minimum absolute atomic E-state index is 0.0477. The van der Waals surface area contributed by atoms with E-state index in [1.165, 1.54) is 12.8 Å². The lowest BCUT2D eigenvalue weighted by atomic mass is 9.72. The minimum Gasteiger partial charge on any atom is -0.339 e. The predicted molar refractivity (Wildman–Crippen MR) is 105 cm³/mol. The molecule has 4 rings (SSSR count). The van der Waals surface area contributed by atoms with Crippen molar-refractivity contribution < 1.29 is 9.59 Å². The van der Waals surface area contributed by atoms with Gasteiger partial charge in [-0.1, -0.05) is 37.3 Å². The van der Waals surface area contributed by atoms with E-state index < -0.39 is 0 Å². The third-order valence-corrected chi connectivity index (χ3v) is 6.70. The summed E-state index contributed by atoms with van der Waals surface area (Å²) in [7, 11) is 0. The highest BCUT2D eigenvalue weighted by molar-refractivity contribution is 5.78. The summed E-state index contributed by atoms with van der Waals surface area (Å²) in [5, 5.41) is 3.21. The van der Waals surface area contributed by atoms with Crippen LogP contribution in [0.4, 0.5) is 4.79 Å². The van der Waals surface area contributed by atoms with Crippen molar-refractivity contribution in [2.75, 3.05) is 19.6 Å². The van der Waals surface area contributed by atoms with Crippen LogP contribution in [0.2, 0.25) is 0 Å². The SMILES string of the molecule is CC[C@@H](NC(=O)N1CCC2(CCC(=O)N(C3CC3)C2)CC1)c1ccccc1. The van der Waals surface area contributed by atoms with Crippen molar-refractivity contribution in [2.45, 2.75) is 64.0 Å². The number of likely N-dealkylation sites (tertiary alicyclic amines) is 2. The topological polar surface area (TPSA) is 52.7 Å². The monoisotopic (exact) mass is 369 g/mol. The Morgan fingerprint density at radius 1 is 1.19 bits per heavy atom. The molecule has 5 heteroatoms. The second-order valence-corrected chi connectivity index (χ2v) is 8.56. The van der Waals surface area contributed by atoms with E-state index in [1.54, 1.807) is 0 Å². The molecule has 0 radical (unpaired) electrons. The van der Waals surface area contributed by atoms with Gasteiger partial charge in [0.1, 0.15) is 0 Å². The fourth-order valence-electron chi connectivity index (χ4n) is 4.70. The molecule has 5 nitrogen and oxygen atoms in total. The number of nitrogens with one attached hydrogen (secondary N) is 1. The van der Waals surface area contributed by atoms with Crippen LogP contribution >= 0.6 is 0 Å². The Morgan fingerprint density at radius 2 is 1.89 bits per heavy atom. The van der Waals surface area contributed by atoms with E-state index in [1.807, 2.05) is 23.1 Å². The molecule has 1 spiro atoms. The van der Waals surface area contributed by atoms with Gasteiger partial charge in [-0.05, 0) is 49.5 Å². The van der Waals surface area contributed by atoms with Crippen molar-refractivity contribution in [1.82, 2.24) is 15.1 Å². The van der Waals surface area contributed by atoms with Gasteiger partial charge in [0.25, 0.3) is 0 Å². The normalized spacial score (nSPS) is 23.4. The molecule has 1 atom stereocenters. The summed E-state index contributed by atoms with van der Waals surface area (Å²) in [5.74, 6) is 0.344. The van der Waals surface area contributed by atoms with Gasteiger partial charge in [-0.2, -0.15) is 0 Å². The molecule has 1 saturated carbocycles. The molecule has 0 aromatic heterocycles. The summed E-state index contributed by atoms with van der Waals surface area (Å²) in [6.45, 7) is 4.61. The number of benzene rings is 1. The summed E-state index contributed by atoms with van der Waals surface area (Å²) in [5.41, 5.74) is 1.39. The van der Waals surface area contributed by atoms with E-state index in [2.05, 4.69) is 29.3 Å². The molecule has 3 amide bonds. The van der Waals surface area contributed by atoms with E-state index in [4.69, 9.17) is 0 Å². The summed E-state index contributed by atoms with van der Waals surface area (Å²) in [6.07, 6.45) is 6.94. The van der Waals surface area contributed by atoms with Gasteiger partial charge in [-0.25, -0.2) is 4.79 Å². The number of nitrogens with zero attached hydrogens (tertiary/aromatic N) is 2. The molecule has 146 valence electrons. The first-order valence-electron chi connectivity index (χ1n) is 10.5. The van der Waals surface area contributed by atoms with Crippen molar-refractivity contribution in [3.05, 3.63) is 35.9 Å². The van der Waals surface area contributed by atoms with E-state index in [9.17, 15) is 9.59 Å². The highest BCUT2D eigenvalue weighted by Crippen LogP contribution is 2.43. The second-order valence-electron chi connectivity index (χ2n) is 8.56. The summed E-state index contributed by atoms with van der Waals surface area (Å²) in [6, 6.07) is 10.8. The lowest BCUT2D eigenvalue weighted by molar-refractivity contribution is -0.139. The molecule has 0 unspecified atom stereocenters. The maximum atomic E-state index is 12.8. The number of rotatable bonds is 4. The Kier molecular flexibility index (Phi) is 5.11. The largest absolute Gasteiger partial charge is 0.339 e. The molecule has 1 aromatic carbocycles. The molecular weight excluding hydrogens is 338 g/mol. The van der Waals surface area contributed by atoms with Crippen LogP contribution in [-0.2, 0) is 4.79 Å². The third kappa shape index (κ3) is 3.97. The maximum absolute atomic E-state index is 12.8. The second kappa shape index (κ2) is 7.53. The standard InChI is InChI=1S/C22H31N3O2/c1-2-19(17-6-4-3-5-7-17)23-21(27)24-14-12-22(13-15-24)11-10-20(26)25(16-22)18-8-9-18/h3-7,18-19H,2,8-16H2,1H3,(H,23,27)/t19-/m1/s1. The molecule has 1 aliphatic carbocycles. The van der Waals surface area contributed by atoms with Crippen LogP contribution in [0.15, 0.2) is 30.3 Å². The molecule has 3 aliphatic rings. The molecule has 3 fully saturated rings. The van der Waals surface area contributed by atoms with Crippen LogP contribution in [0.5, 0.6) is 0 Å². The van der Waals surface area contributed by atoms with Crippen molar-refractivity contribution >= 4 is 11.9 Å². The van der Waals surface area contributed by atoms with Crippen molar-refractivity contribution in [1.29, 1.82) is 0 Å². The van der Waals surface area contributed by atoms with Crippen LogP contribution in [0, 0.1) is 5.41 Å². The van der Waals surface area contributed by atoms with Gasteiger partial charge in [-0.3, -0.25) is 4.79 Å². The predicted octanol–water partition coefficient (Wildman–Crippen LogP) is 3.71. The molecule has 0 bridgehead atoms. The molecule has 2 saturated heterocycles. The number of carbonyl (C=O) groups is 2. The zero-order valence-electron chi connectivity index (χ0n) is 16.3. The number of piperidine rings is 2. The number of hydrogen-bond acceptors (Lipinski definition) is 2. The maximum Gasteiger partial charge on any atom is 0.317 e. The minimum atomic E-state index is 0.0477. The van der Waals surface area contributed by atoms with Gasteiger partial charge < -0.3 is 15.1 Å². The fourth-order valence-corrected chi connectivity index (χ4v) is 4.70. The third-order valence-electron chi connectivity index (χ3n) is 6.70. The average molecular weight is 370 g/mol. The Balaban J connectivity index is 1.33. The van der Waals surface area contributed by atoms with Crippen LogP contribution in [0.25, 0.3) is 0 Å². The van der Waals surface area contributed by atoms with Gasteiger partial charge in [0.15, 0.2) is 0 Å². The van der Waals surface area contributed by atoms with Gasteiger partial charge in [-0.15, -0.1) is 0 Å². The van der Waals surface area contributed by atoms with E-state index in [0.717, 1.165) is 50.9 Å². The van der Waals surface area contributed by atoms with Crippen molar-refractivity contribution in [3.8, 4) is 0 Å². The first kappa shape index (κ1) is 18.3. The molecular formula is C22H31N3O2. The highest BCUT2D eigenvalue weighted by Gasteiger charge is 2.45. The van der Waals surface area contributed by atoms with Crippen LogP contribution in [0.1, 0.15) is 63.5 Å². The molecule has 1 aromatic rings.